The molecule has 0 aromatic carbocycles. The summed E-state index contributed by atoms with van der Waals surface area (Å²) in [4.78, 5) is 16.0. The Morgan fingerprint density at radius 3 is 2.47 bits per heavy atom. The summed E-state index contributed by atoms with van der Waals surface area (Å²) in [6.45, 7) is 4.56. The predicted molar refractivity (Wildman–Crippen MR) is 67.7 cm³/mol. The molecule has 0 saturated carbocycles. The number of ether oxygens (including phenoxy) is 2. The van der Waals surface area contributed by atoms with E-state index < -0.39 is 6.29 Å². The maximum Gasteiger partial charge on any atom is 0.218 e. The van der Waals surface area contributed by atoms with Gasteiger partial charge in [-0.3, -0.25) is 9.78 Å². The number of Topliss-reactive ketones (excluding diaryl/α,β-unsaturated/α-hetero) is 1. The molecule has 94 valence electrons. The monoisotopic (exact) mass is 301 g/mol. The molecule has 0 saturated heterocycles. The lowest BCUT2D eigenvalue weighted by atomic mass is 10.2. The summed E-state index contributed by atoms with van der Waals surface area (Å²) >= 11 is 3.29. The standard InChI is InChI=1S/C12H16BrNO3/c1-3-16-12(17-4-2)11(15)7-10-6-5-9(13)8-14-10/h5-6,8,12H,3-4,7H2,1-2H3. The van der Waals surface area contributed by atoms with Crippen molar-refractivity contribution in [2.24, 2.45) is 0 Å². The number of halogens is 1. The number of nitrogens with zero attached hydrogens (tertiary/aromatic N) is 1. The molecule has 0 fully saturated rings. The summed E-state index contributed by atoms with van der Waals surface area (Å²) in [6, 6.07) is 3.66. The molecule has 0 amide bonds. The highest BCUT2D eigenvalue weighted by atomic mass is 79.9. The molecule has 0 unspecified atom stereocenters. The average Bonchev–Trinajstić information content (AvgIpc) is 2.32. The van der Waals surface area contributed by atoms with Crippen LogP contribution in [0.3, 0.4) is 0 Å². The first-order valence-corrected chi connectivity index (χ1v) is 6.33. The van der Waals surface area contributed by atoms with Gasteiger partial charge in [0, 0.05) is 29.6 Å². The molecule has 5 heteroatoms. The van der Waals surface area contributed by atoms with E-state index in [-0.39, 0.29) is 12.2 Å². The molecule has 0 aliphatic heterocycles. The van der Waals surface area contributed by atoms with Crippen molar-refractivity contribution in [3.05, 3.63) is 28.5 Å². The molecule has 17 heavy (non-hydrogen) atoms. The molecular weight excluding hydrogens is 286 g/mol. The summed E-state index contributed by atoms with van der Waals surface area (Å²) in [6.07, 6.45) is 1.10. The molecule has 0 aliphatic rings. The van der Waals surface area contributed by atoms with Gasteiger partial charge >= 0.3 is 0 Å². The van der Waals surface area contributed by atoms with Crippen molar-refractivity contribution in [3.63, 3.8) is 0 Å². The lowest BCUT2D eigenvalue weighted by Crippen LogP contribution is -2.29. The fourth-order valence-corrected chi connectivity index (χ4v) is 1.54. The van der Waals surface area contributed by atoms with E-state index in [1.54, 1.807) is 12.3 Å². The lowest BCUT2D eigenvalue weighted by Gasteiger charge is -2.15. The molecule has 0 aliphatic carbocycles. The van der Waals surface area contributed by atoms with Gasteiger partial charge in [0.2, 0.25) is 6.29 Å². The van der Waals surface area contributed by atoms with E-state index in [2.05, 4.69) is 20.9 Å². The second-order valence-electron chi connectivity index (χ2n) is 3.35. The van der Waals surface area contributed by atoms with Crippen LogP contribution in [0.2, 0.25) is 0 Å². The van der Waals surface area contributed by atoms with E-state index in [1.165, 1.54) is 0 Å². The Balaban J connectivity index is 2.59. The van der Waals surface area contributed by atoms with E-state index in [1.807, 2.05) is 19.9 Å². The Morgan fingerprint density at radius 2 is 2.00 bits per heavy atom. The van der Waals surface area contributed by atoms with Crippen molar-refractivity contribution < 1.29 is 14.3 Å². The smallest absolute Gasteiger partial charge is 0.218 e. The largest absolute Gasteiger partial charge is 0.346 e. The van der Waals surface area contributed by atoms with Gasteiger partial charge in [-0.15, -0.1) is 0 Å². The molecule has 0 bridgehead atoms. The van der Waals surface area contributed by atoms with Crippen LogP contribution in [0, 0.1) is 0 Å². The number of pyridine rings is 1. The van der Waals surface area contributed by atoms with Crippen LogP contribution < -0.4 is 0 Å². The first-order valence-electron chi connectivity index (χ1n) is 5.53. The highest BCUT2D eigenvalue weighted by Crippen LogP contribution is 2.09. The highest BCUT2D eigenvalue weighted by Gasteiger charge is 2.19. The molecule has 0 radical (unpaired) electrons. The van der Waals surface area contributed by atoms with E-state index in [9.17, 15) is 4.79 Å². The van der Waals surface area contributed by atoms with Crippen molar-refractivity contribution >= 4 is 21.7 Å². The van der Waals surface area contributed by atoms with Crippen LogP contribution in [0.5, 0.6) is 0 Å². The van der Waals surface area contributed by atoms with Crippen LogP contribution in [0.25, 0.3) is 0 Å². The summed E-state index contributed by atoms with van der Waals surface area (Å²) < 4.78 is 11.4. The van der Waals surface area contributed by atoms with Crippen LogP contribution in [-0.4, -0.2) is 30.3 Å². The minimum atomic E-state index is -0.782. The van der Waals surface area contributed by atoms with Gasteiger partial charge in [-0.25, -0.2) is 0 Å². The first kappa shape index (κ1) is 14.3. The zero-order valence-electron chi connectivity index (χ0n) is 9.98. The van der Waals surface area contributed by atoms with Crippen LogP contribution >= 0.6 is 15.9 Å². The number of carbonyl (C=O) groups is 1. The van der Waals surface area contributed by atoms with Crippen molar-refractivity contribution in [3.8, 4) is 0 Å². The van der Waals surface area contributed by atoms with Crippen molar-refractivity contribution in [2.75, 3.05) is 13.2 Å². The second-order valence-corrected chi connectivity index (χ2v) is 4.27. The summed E-state index contributed by atoms with van der Waals surface area (Å²) in [5.74, 6) is -0.108. The topological polar surface area (TPSA) is 48.4 Å². The predicted octanol–water partition coefficient (Wildman–Crippen LogP) is 2.35. The van der Waals surface area contributed by atoms with E-state index in [0.717, 1.165) is 4.47 Å². The van der Waals surface area contributed by atoms with E-state index in [4.69, 9.17) is 9.47 Å². The first-order chi connectivity index (χ1) is 8.17. The van der Waals surface area contributed by atoms with Gasteiger partial charge in [-0.2, -0.15) is 0 Å². The Bertz CT molecular complexity index is 347. The summed E-state index contributed by atoms with van der Waals surface area (Å²) in [5, 5.41) is 0. The zero-order valence-corrected chi connectivity index (χ0v) is 11.6. The maximum atomic E-state index is 11.9. The number of carbonyl (C=O) groups excluding carboxylic acids is 1. The number of hydrogen-bond acceptors (Lipinski definition) is 4. The molecular formula is C12H16BrNO3. The Morgan fingerprint density at radius 1 is 1.35 bits per heavy atom. The van der Waals surface area contributed by atoms with Crippen LogP contribution in [0.15, 0.2) is 22.8 Å². The Labute approximate surface area is 109 Å². The number of rotatable bonds is 7. The van der Waals surface area contributed by atoms with Gasteiger partial charge in [0.05, 0.1) is 6.42 Å². The van der Waals surface area contributed by atoms with E-state index in [0.29, 0.717) is 18.9 Å². The highest BCUT2D eigenvalue weighted by molar-refractivity contribution is 9.10. The fourth-order valence-electron chi connectivity index (χ4n) is 1.31. The minimum absolute atomic E-state index is 0.108. The van der Waals surface area contributed by atoms with Gasteiger partial charge in [-0.1, -0.05) is 0 Å². The Kier molecular flexibility index (Phi) is 6.32. The quantitative estimate of drug-likeness (QED) is 0.726. The molecule has 1 aromatic rings. The van der Waals surface area contributed by atoms with Gasteiger partial charge in [0.15, 0.2) is 5.78 Å². The summed E-state index contributed by atoms with van der Waals surface area (Å²) in [7, 11) is 0. The van der Waals surface area contributed by atoms with Crippen LogP contribution in [0.4, 0.5) is 0 Å². The maximum absolute atomic E-state index is 11.9. The number of aromatic nitrogens is 1. The minimum Gasteiger partial charge on any atom is -0.346 e. The summed E-state index contributed by atoms with van der Waals surface area (Å²) in [5.41, 5.74) is 0.711. The van der Waals surface area contributed by atoms with Gasteiger partial charge in [0.25, 0.3) is 0 Å². The van der Waals surface area contributed by atoms with Gasteiger partial charge in [-0.05, 0) is 41.9 Å². The van der Waals surface area contributed by atoms with Crippen molar-refractivity contribution in [2.45, 2.75) is 26.6 Å². The lowest BCUT2D eigenvalue weighted by molar-refractivity contribution is -0.167. The van der Waals surface area contributed by atoms with Crippen LogP contribution in [0.1, 0.15) is 19.5 Å². The molecule has 1 aromatic heterocycles. The molecule has 0 N–H and O–H groups in total. The molecule has 0 spiro atoms. The SMILES string of the molecule is CCOC(OCC)C(=O)Cc1ccc(Br)cn1. The second kappa shape index (κ2) is 7.53. The van der Waals surface area contributed by atoms with Crippen molar-refractivity contribution in [1.82, 2.24) is 4.98 Å². The van der Waals surface area contributed by atoms with Gasteiger partial charge < -0.3 is 9.47 Å². The number of hydrogen-bond donors (Lipinski definition) is 0. The molecule has 0 atom stereocenters. The Hall–Kier alpha value is -0.780. The van der Waals surface area contributed by atoms with E-state index >= 15 is 0 Å². The zero-order chi connectivity index (χ0) is 12.7. The van der Waals surface area contributed by atoms with Gasteiger partial charge in [0.1, 0.15) is 0 Å². The third-order valence-electron chi connectivity index (χ3n) is 2.04. The van der Waals surface area contributed by atoms with Crippen LogP contribution in [-0.2, 0) is 20.7 Å². The normalized spacial score (nSPS) is 10.8. The third-order valence-corrected chi connectivity index (χ3v) is 2.51. The average molecular weight is 302 g/mol. The molecule has 4 nitrogen and oxygen atoms in total. The number of ketones is 1. The molecule has 1 heterocycles. The van der Waals surface area contributed by atoms with Crippen molar-refractivity contribution in [1.29, 1.82) is 0 Å². The third kappa shape index (κ3) is 4.93. The fraction of sp³-hybridized carbons (Fsp3) is 0.500. The molecule has 1 rings (SSSR count).